The zero-order valence-electron chi connectivity index (χ0n) is 21.0. The summed E-state index contributed by atoms with van der Waals surface area (Å²) in [5.41, 5.74) is -3.27. The normalized spacial score (nSPS) is 21.6. The van der Waals surface area contributed by atoms with Crippen molar-refractivity contribution < 1.29 is 27.6 Å². The number of carbonyl (C=O) groups excluding carboxylic acids is 3. The second kappa shape index (κ2) is 10.1. The summed E-state index contributed by atoms with van der Waals surface area (Å²) in [6.07, 6.45) is -3.84. The van der Waals surface area contributed by atoms with Gasteiger partial charge in [-0.25, -0.2) is 0 Å². The molecule has 38 heavy (non-hydrogen) atoms. The summed E-state index contributed by atoms with van der Waals surface area (Å²) in [5.74, 6) is -3.47. The van der Waals surface area contributed by atoms with E-state index in [2.05, 4.69) is 15.6 Å². The Morgan fingerprint density at radius 1 is 1.26 bits per heavy atom. The maximum Gasteiger partial charge on any atom is 0.425 e. The van der Waals surface area contributed by atoms with E-state index in [1.165, 1.54) is 12.1 Å². The molecule has 0 spiro atoms. The van der Waals surface area contributed by atoms with Crippen molar-refractivity contribution in [2.45, 2.75) is 75.7 Å². The Hall–Kier alpha value is -3.26. The van der Waals surface area contributed by atoms with Crippen LogP contribution in [0.3, 0.4) is 0 Å². The van der Waals surface area contributed by atoms with Crippen LogP contribution in [0.2, 0.25) is 5.02 Å². The third-order valence-electron chi connectivity index (χ3n) is 7.25. The van der Waals surface area contributed by atoms with Crippen LogP contribution in [-0.4, -0.2) is 46.0 Å². The number of nitriles is 1. The van der Waals surface area contributed by atoms with Crippen molar-refractivity contribution in [3.8, 4) is 6.07 Å². The fourth-order valence-electron chi connectivity index (χ4n) is 4.80. The quantitative estimate of drug-likeness (QED) is 0.389. The number of para-hydroxylation sites is 1. The van der Waals surface area contributed by atoms with Gasteiger partial charge in [-0.2, -0.15) is 18.4 Å². The summed E-state index contributed by atoms with van der Waals surface area (Å²) in [6.45, 7) is 3.52. The predicted octanol–water partition coefficient (Wildman–Crippen LogP) is 4.36. The molecule has 0 radical (unpaired) electrons. The molecule has 4 N–H and O–H groups in total. The number of halogens is 4. The first-order valence-electron chi connectivity index (χ1n) is 12.4. The van der Waals surface area contributed by atoms with E-state index in [0.29, 0.717) is 22.3 Å². The van der Waals surface area contributed by atoms with Gasteiger partial charge in [0.25, 0.3) is 5.91 Å². The first-order chi connectivity index (χ1) is 17.7. The van der Waals surface area contributed by atoms with Crippen LogP contribution >= 0.6 is 11.6 Å². The summed E-state index contributed by atoms with van der Waals surface area (Å²) < 4.78 is 43.0. The van der Waals surface area contributed by atoms with Crippen LogP contribution in [0.4, 0.5) is 13.2 Å². The second-order valence-corrected chi connectivity index (χ2v) is 11.3. The Bertz CT molecular complexity index is 1300. The molecule has 2 heterocycles. The number of nitrogens with one attached hydrogen (secondary N) is 4. The summed E-state index contributed by atoms with van der Waals surface area (Å²) in [4.78, 5) is 41.6. The van der Waals surface area contributed by atoms with E-state index in [1.54, 1.807) is 32.0 Å². The molecule has 1 aromatic carbocycles. The van der Waals surface area contributed by atoms with Crippen molar-refractivity contribution in [3.05, 3.63) is 35.0 Å². The number of benzene rings is 1. The van der Waals surface area contributed by atoms with Crippen LogP contribution in [0.5, 0.6) is 0 Å². The van der Waals surface area contributed by atoms with Gasteiger partial charge >= 0.3 is 6.18 Å². The standard InChI is InChI=1S/C26H29ClF3N5O3/c1-24(2)9-8-16(21(36)34-24)12-25(13-31,26(28,29)30)35-23(38)18(10-14-6-7-14)33-22(37)19-11-15-4-3-5-17(27)20(15)32-19/h3-5,11,14,16,18,32H,6-10,12H2,1-2H3,(H,33,37)(H,34,36)(H,35,38)/t16-,18-,25-/m0/s1. The van der Waals surface area contributed by atoms with E-state index < -0.39 is 53.4 Å². The number of piperidine rings is 1. The summed E-state index contributed by atoms with van der Waals surface area (Å²) in [5, 5.41) is 17.8. The molecule has 204 valence electrons. The van der Waals surface area contributed by atoms with Crippen LogP contribution in [-0.2, 0) is 9.59 Å². The van der Waals surface area contributed by atoms with Gasteiger partial charge in [-0.3, -0.25) is 14.4 Å². The molecule has 1 aliphatic carbocycles. The molecule has 2 aromatic rings. The maximum absolute atomic E-state index is 14.3. The number of carbonyl (C=O) groups is 3. The van der Waals surface area contributed by atoms with Gasteiger partial charge in [0.15, 0.2) is 0 Å². The van der Waals surface area contributed by atoms with Crippen LogP contribution in [0.15, 0.2) is 24.3 Å². The number of alkyl halides is 3. The topological polar surface area (TPSA) is 127 Å². The van der Waals surface area contributed by atoms with E-state index in [9.17, 15) is 32.8 Å². The van der Waals surface area contributed by atoms with E-state index in [1.807, 2.05) is 5.32 Å². The third kappa shape index (κ3) is 5.90. The van der Waals surface area contributed by atoms with Crippen molar-refractivity contribution in [1.82, 2.24) is 20.9 Å². The highest BCUT2D eigenvalue weighted by Gasteiger charge is 2.59. The number of hydrogen-bond acceptors (Lipinski definition) is 4. The van der Waals surface area contributed by atoms with Crippen molar-refractivity contribution >= 4 is 40.2 Å². The molecule has 2 aliphatic rings. The Kier molecular flexibility index (Phi) is 7.40. The zero-order valence-corrected chi connectivity index (χ0v) is 21.7. The first kappa shape index (κ1) is 27.8. The van der Waals surface area contributed by atoms with Gasteiger partial charge in [0.1, 0.15) is 17.8 Å². The summed E-state index contributed by atoms with van der Waals surface area (Å²) >= 11 is 6.15. The minimum absolute atomic E-state index is 0.0666. The van der Waals surface area contributed by atoms with Crippen LogP contribution < -0.4 is 16.0 Å². The number of hydrogen-bond donors (Lipinski definition) is 4. The number of H-pyrrole nitrogens is 1. The molecule has 0 unspecified atom stereocenters. The molecule has 4 rings (SSSR count). The highest BCUT2D eigenvalue weighted by Crippen LogP contribution is 2.39. The average Bonchev–Trinajstić information content (AvgIpc) is 3.53. The summed E-state index contributed by atoms with van der Waals surface area (Å²) in [6, 6.07) is 6.53. The minimum atomic E-state index is -5.16. The van der Waals surface area contributed by atoms with Gasteiger partial charge in [0, 0.05) is 23.3 Å². The van der Waals surface area contributed by atoms with Crippen molar-refractivity contribution in [2.75, 3.05) is 0 Å². The smallest absolute Gasteiger partial charge is 0.351 e. The van der Waals surface area contributed by atoms with Crippen LogP contribution in [0.1, 0.15) is 62.9 Å². The number of amides is 3. The molecular formula is C26H29ClF3N5O3. The lowest BCUT2D eigenvalue weighted by Crippen LogP contribution is -2.63. The van der Waals surface area contributed by atoms with E-state index >= 15 is 0 Å². The molecule has 8 nitrogen and oxygen atoms in total. The Morgan fingerprint density at radius 3 is 2.55 bits per heavy atom. The van der Waals surface area contributed by atoms with Crippen molar-refractivity contribution in [3.63, 3.8) is 0 Å². The molecule has 3 atom stereocenters. The van der Waals surface area contributed by atoms with Crippen LogP contribution in [0, 0.1) is 23.2 Å². The number of aromatic nitrogens is 1. The lowest BCUT2D eigenvalue weighted by atomic mass is 9.79. The number of aromatic amines is 1. The van der Waals surface area contributed by atoms with Gasteiger partial charge in [0.05, 0.1) is 10.5 Å². The highest BCUT2D eigenvalue weighted by molar-refractivity contribution is 6.35. The van der Waals surface area contributed by atoms with Gasteiger partial charge in [-0.1, -0.05) is 36.6 Å². The largest absolute Gasteiger partial charge is 0.425 e. The van der Waals surface area contributed by atoms with Crippen LogP contribution in [0.25, 0.3) is 10.9 Å². The Balaban J connectivity index is 1.55. The Labute approximate surface area is 222 Å². The molecule has 1 aromatic heterocycles. The Morgan fingerprint density at radius 2 is 1.97 bits per heavy atom. The van der Waals surface area contributed by atoms with Gasteiger partial charge in [-0.15, -0.1) is 0 Å². The number of fused-ring (bicyclic) bond motifs is 1. The minimum Gasteiger partial charge on any atom is -0.351 e. The fraction of sp³-hybridized carbons (Fsp3) is 0.538. The monoisotopic (exact) mass is 551 g/mol. The molecule has 1 aliphatic heterocycles. The first-order valence-corrected chi connectivity index (χ1v) is 12.8. The molecule has 12 heteroatoms. The SMILES string of the molecule is CC1(C)CC[C@@H](C[C@@](C#N)(NC(=O)[C@H](CC2CC2)NC(=O)c2cc3cccc(Cl)c3[nH]2)C(F)(F)F)C(=O)N1. The van der Waals surface area contributed by atoms with E-state index in [-0.39, 0.29) is 24.5 Å². The molecular weight excluding hydrogens is 523 g/mol. The molecule has 1 saturated heterocycles. The lowest BCUT2D eigenvalue weighted by molar-refractivity contribution is -0.188. The van der Waals surface area contributed by atoms with Crippen molar-refractivity contribution in [1.29, 1.82) is 5.26 Å². The molecule has 0 bridgehead atoms. The predicted molar refractivity (Wildman–Crippen MR) is 134 cm³/mol. The highest BCUT2D eigenvalue weighted by atomic mass is 35.5. The van der Waals surface area contributed by atoms with Gasteiger partial charge < -0.3 is 20.9 Å². The zero-order chi connectivity index (χ0) is 27.9. The number of rotatable bonds is 8. The fourth-order valence-corrected chi connectivity index (χ4v) is 5.03. The van der Waals surface area contributed by atoms with Gasteiger partial charge in [-0.05, 0) is 51.2 Å². The van der Waals surface area contributed by atoms with E-state index in [4.69, 9.17) is 11.6 Å². The molecule has 1 saturated carbocycles. The third-order valence-corrected chi connectivity index (χ3v) is 7.57. The van der Waals surface area contributed by atoms with Gasteiger partial charge in [0.2, 0.25) is 17.4 Å². The second-order valence-electron chi connectivity index (χ2n) is 10.9. The van der Waals surface area contributed by atoms with Crippen molar-refractivity contribution in [2.24, 2.45) is 11.8 Å². The average molecular weight is 552 g/mol. The maximum atomic E-state index is 14.3. The lowest BCUT2D eigenvalue weighted by Gasteiger charge is -2.39. The molecule has 2 fully saturated rings. The number of nitrogens with zero attached hydrogens (tertiary/aromatic N) is 1. The summed E-state index contributed by atoms with van der Waals surface area (Å²) in [7, 11) is 0. The van der Waals surface area contributed by atoms with E-state index in [0.717, 1.165) is 12.8 Å². The molecule has 3 amide bonds.